The first-order valence-electron chi connectivity index (χ1n) is 18.1. The van der Waals surface area contributed by atoms with Gasteiger partial charge in [-0.2, -0.15) is 10.5 Å². The van der Waals surface area contributed by atoms with Crippen molar-refractivity contribution in [2.45, 2.75) is 104 Å². The van der Waals surface area contributed by atoms with Crippen LogP contribution in [0.5, 0.6) is 0 Å². The summed E-state index contributed by atoms with van der Waals surface area (Å²) in [5, 5.41) is 25.6. The van der Waals surface area contributed by atoms with Crippen molar-refractivity contribution < 1.29 is 19.2 Å². The van der Waals surface area contributed by atoms with Crippen LogP contribution in [0, 0.1) is 22.7 Å². The second-order valence-electron chi connectivity index (χ2n) is 13.8. The zero-order valence-corrected chi connectivity index (χ0v) is 29.1. The van der Waals surface area contributed by atoms with Gasteiger partial charge in [0.1, 0.15) is 0 Å². The van der Waals surface area contributed by atoms with Crippen LogP contribution < -0.4 is 0 Å². The number of hydrogen-bond acceptors (Lipinski definition) is 6. The second kappa shape index (κ2) is 12.8. The third-order valence-corrected chi connectivity index (χ3v) is 11.1. The predicted octanol–water partition coefficient (Wildman–Crippen LogP) is 9.39. The third-order valence-electron chi connectivity index (χ3n) is 11.1. The SMILES string of the molecule is CCCCCC(CC)N1C(=O)c2ccc3c4c(C#N)cc5c6c(cc(C#N)c(c7ccc(c2c37)C1=O)c64)C(=O)N(C(CC)CCCCC)C5=O. The van der Waals surface area contributed by atoms with E-state index in [0.29, 0.717) is 73.5 Å². The van der Waals surface area contributed by atoms with Crippen LogP contribution in [-0.2, 0) is 0 Å². The molecule has 0 spiro atoms. The van der Waals surface area contributed by atoms with Crippen LogP contribution >= 0.6 is 0 Å². The lowest BCUT2D eigenvalue weighted by atomic mass is 9.79. The van der Waals surface area contributed by atoms with Crippen molar-refractivity contribution in [2.24, 2.45) is 0 Å². The number of carbonyl (C=O) groups excluding carboxylic acids is 4. The Kier molecular flexibility index (Phi) is 8.52. The molecule has 0 bridgehead atoms. The molecule has 2 atom stereocenters. The molecule has 0 aliphatic carbocycles. The first kappa shape index (κ1) is 33.2. The fourth-order valence-corrected chi connectivity index (χ4v) is 8.64. The highest BCUT2D eigenvalue weighted by atomic mass is 16.2. The molecule has 0 aromatic heterocycles. The first-order valence-corrected chi connectivity index (χ1v) is 18.1. The average Bonchev–Trinajstić information content (AvgIpc) is 3.13. The van der Waals surface area contributed by atoms with E-state index in [4.69, 9.17) is 0 Å². The number of imide groups is 2. The van der Waals surface area contributed by atoms with E-state index in [1.165, 1.54) is 9.80 Å². The van der Waals surface area contributed by atoms with E-state index in [2.05, 4.69) is 26.0 Å². The maximum Gasteiger partial charge on any atom is 0.261 e. The van der Waals surface area contributed by atoms with E-state index in [9.17, 15) is 29.7 Å². The standard InChI is InChI=1S/C42H40N4O4/c1-5-9-11-13-25(7-3)45-39(47)29-17-15-27-33-23(21-43)19-31-37-32(42(50)46(41(31)49)26(8-4)14-12-10-6-2)20-24(22-44)34(38(33)37)28-16-18-30(40(45)48)36(29)35(27)28/h15-20,25-26H,5-14H2,1-4H3. The minimum Gasteiger partial charge on any atom is -0.271 e. The van der Waals surface area contributed by atoms with Crippen molar-refractivity contribution in [1.29, 1.82) is 10.5 Å². The van der Waals surface area contributed by atoms with E-state index in [0.717, 1.165) is 44.9 Å². The molecule has 0 radical (unpaired) electrons. The molecule has 8 heteroatoms. The quantitative estimate of drug-likeness (QED) is 0.0567. The van der Waals surface area contributed by atoms with E-state index < -0.39 is 11.8 Å². The number of fused-ring (bicyclic) bond motifs is 2. The summed E-state index contributed by atoms with van der Waals surface area (Å²) in [6, 6.07) is 14.3. The van der Waals surface area contributed by atoms with Crippen LogP contribution in [-0.4, -0.2) is 45.5 Å². The average molecular weight is 665 g/mol. The smallest absolute Gasteiger partial charge is 0.261 e. The Morgan fingerprint density at radius 1 is 0.520 bits per heavy atom. The highest BCUT2D eigenvalue weighted by Gasteiger charge is 2.41. The second-order valence-corrected chi connectivity index (χ2v) is 13.8. The van der Waals surface area contributed by atoms with Gasteiger partial charge in [0.25, 0.3) is 23.6 Å². The number of carbonyl (C=O) groups is 4. The molecule has 5 aromatic rings. The Bertz CT molecular complexity index is 2220. The molecule has 0 saturated heterocycles. The third kappa shape index (κ3) is 4.62. The number of nitrogens with zero attached hydrogens (tertiary/aromatic N) is 4. The largest absolute Gasteiger partial charge is 0.271 e. The molecule has 0 N–H and O–H groups in total. The van der Waals surface area contributed by atoms with Crippen molar-refractivity contribution in [3.8, 4) is 12.1 Å². The fraction of sp³-hybridized carbons (Fsp3) is 0.381. The molecule has 2 unspecified atom stereocenters. The van der Waals surface area contributed by atoms with Crippen LogP contribution in [0.25, 0.3) is 43.1 Å². The number of benzene rings is 5. The van der Waals surface area contributed by atoms with Crippen molar-refractivity contribution >= 4 is 66.7 Å². The van der Waals surface area contributed by atoms with Crippen molar-refractivity contribution in [3.05, 3.63) is 69.8 Å². The highest BCUT2D eigenvalue weighted by molar-refractivity contribution is 6.42. The molecule has 50 heavy (non-hydrogen) atoms. The molecule has 2 aliphatic heterocycles. The molecule has 7 rings (SSSR count). The minimum absolute atomic E-state index is 0.224. The van der Waals surface area contributed by atoms with Gasteiger partial charge in [0.2, 0.25) is 0 Å². The topological polar surface area (TPSA) is 122 Å². The summed E-state index contributed by atoms with van der Waals surface area (Å²) in [6.45, 7) is 8.19. The lowest BCUT2D eigenvalue weighted by Gasteiger charge is -2.35. The van der Waals surface area contributed by atoms with Gasteiger partial charge in [-0.3, -0.25) is 29.0 Å². The maximum absolute atomic E-state index is 14.3. The number of nitriles is 2. The van der Waals surface area contributed by atoms with Crippen LogP contribution in [0.1, 0.15) is 144 Å². The molecule has 5 aromatic carbocycles. The molecule has 0 saturated carbocycles. The van der Waals surface area contributed by atoms with Crippen LogP contribution in [0.2, 0.25) is 0 Å². The number of unbranched alkanes of at least 4 members (excludes halogenated alkanes) is 4. The van der Waals surface area contributed by atoms with Crippen LogP contribution in [0.4, 0.5) is 0 Å². The van der Waals surface area contributed by atoms with Gasteiger partial charge in [0.05, 0.1) is 34.4 Å². The van der Waals surface area contributed by atoms with Gasteiger partial charge in [-0.25, -0.2) is 0 Å². The lowest BCUT2D eigenvalue weighted by Crippen LogP contribution is -2.47. The first-order chi connectivity index (χ1) is 24.3. The number of rotatable bonds is 12. The Balaban J connectivity index is 1.52. The molecule has 252 valence electrons. The molecular formula is C42H40N4O4. The zero-order chi connectivity index (χ0) is 35.4. The van der Waals surface area contributed by atoms with Gasteiger partial charge in [-0.05, 0) is 66.1 Å². The summed E-state index contributed by atoms with van der Waals surface area (Å²) >= 11 is 0. The normalized spacial score (nSPS) is 15.5. The molecule has 2 heterocycles. The lowest BCUT2D eigenvalue weighted by molar-refractivity contribution is 0.0508. The fourth-order valence-electron chi connectivity index (χ4n) is 8.64. The summed E-state index contributed by atoms with van der Waals surface area (Å²) < 4.78 is 0. The summed E-state index contributed by atoms with van der Waals surface area (Å²) in [4.78, 5) is 59.7. The Labute approximate surface area is 291 Å². The van der Waals surface area contributed by atoms with Crippen molar-refractivity contribution in [3.63, 3.8) is 0 Å². The summed E-state index contributed by atoms with van der Waals surface area (Å²) in [7, 11) is 0. The molecule has 4 amide bonds. The monoisotopic (exact) mass is 664 g/mol. The van der Waals surface area contributed by atoms with Crippen LogP contribution in [0.3, 0.4) is 0 Å². The summed E-state index contributed by atoms with van der Waals surface area (Å²) in [6.07, 6.45) is 8.53. The van der Waals surface area contributed by atoms with Gasteiger partial charge in [-0.1, -0.05) is 78.4 Å². The van der Waals surface area contributed by atoms with E-state index in [1.54, 1.807) is 24.3 Å². The Hall–Kier alpha value is -5.34. The Morgan fingerprint density at radius 3 is 1.30 bits per heavy atom. The molecule has 0 fully saturated rings. The summed E-state index contributed by atoms with van der Waals surface area (Å²) in [5.74, 6) is -1.54. The van der Waals surface area contributed by atoms with E-state index in [1.807, 2.05) is 26.0 Å². The van der Waals surface area contributed by atoms with E-state index >= 15 is 0 Å². The van der Waals surface area contributed by atoms with Gasteiger partial charge >= 0.3 is 0 Å². The molecular weight excluding hydrogens is 624 g/mol. The van der Waals surface area contributed by atoms with Crippen molar-refractivity contribution in [1.82, 2.24) is 9.80 Å². The minimum atomic E-state index is -0.429. The van der Waals surface area contributed by atoms with Gasteiger partial charge < -0.3 is 0 Å². The number of amides is 4. The predicted molar refractivity (Wildman–Crippen MR) is 195 cm³/mol. The van der Waals surface area contributed by atoms with Gasteiger partial charge in [-0.15, -0.1) is 0 Å². The van der Waals surface area contributed by atoms with Crippen LogP contribution in [0.15, 0.2) is 36.4 Å². The summed E-state index contributed by atoms with van der Waals surface area (Å²) in [5.41, 5.74) is 1.85. The highest BCUT2D eigenvalue weighted by Crippen LogP contribution is 2.49. The zero-order valence-electron chi connectivity index (χ0n) is 29.1. The van der Waals surface area contributed by atoms with E-state index in [-0.39, 0.29) is 46.2 Å². The van der Waals surface area contributed by atoms with Crippen molar-refractivity contribution in [2.75, 3.05) is 0 Å². The Morgan fingerprint density at radius 2 is 0.920 bits per heavy atom. The number of hydrogen-bond donors (Lipinski definition) is 0. The maximum atomic E-state index is 14.3. The van der Waals surface area contributed by atoms with Gasteiger partial charge in [0.15, 0.2) is 0 Å². The van der Waals surface area contributed by atoms with Gasteiger partial charge in [0, 0.05) is 50.1 Å². The molecule has 2 aliphatic rings. The molecule has 8 nitrogen and oxygen atoms in total.